The van der Waals surface area contributed by atoms with Gasteiger partial charge in [-0.05, 0) is 117 Å². The summed E-state index contributed by atoms with van der Waals surface area (Å²) in [7, 11) is -4.06. The quantitative estimate of drug-likeness (QED) is 0.0514. The number of amides is 1. The van der Waals surface area contributed by atoms with E-state index in [1.165, 1.54) is 141 Å². The van der Waals surface area contributed by atoms with Gasteiger partial charge in [-0.2, -0.15) is 8.42 Å². The van der Waals surface area contributed by atoms with Gasteiger partial charge < -0.3 is 10.1 Å². The zero-order chi connectivity index (χ0) is 39.0. The minimum Gasteiger partial charge on any atom is -0.462 e. The van der Waals surface area contributed by atoms with Crippen LogP contribution in [0.2, 0.25) is 0 Å². The second kappa shape index (κ2) is 22.7. The molecular formula is C46H83NO6S. The van der Waals surface area contributed by atoms with Crippen molar-refractivity contribution in [1.82, 2.24) is 5.32 Å². The number of hydrogen-bond acceptors (Lipinski definition) is 5. The molecule has 1 amide bonds. The first-order valence-electron chi connectivity index (χ1n) is 23.3. The summed E-state index contributed by atoms with van der Waals surface area (Å²) in [5, 5.41) is 2.66. The molecule has 8 heteroatoms. The number of hydrogen-bond donors (Lipinski definition) is 2. The van der Waals surface area contributed by atoms with Crippen LogP contribution in [-0.2, 0) is 24.4 Å². The summed E-state index contributed by atoms with van der Waals surface area (Å²) >= 11 is 0. The van der Waals surface area contributed by atoms with E-state index in [1.807, 2.05) is 0 Å². The number of nitrogens with one attached hydrogen (secondary N) is 1. The first-order valence-corrected chi connectivity index (χ1v) is 24.9. The van der Waals surface area contributed by atoms with E-state index in [9.17, 15) is 18.0 Å². The molecule has 0 radical (unpaired) electrons. The lowest BCUT2D eigenvalue weighted by molar-refractivity contribution is -0.162. The third-order valence-electron chi connectivity index (χ3n) is 15.7. The van der Waals surface area contributed by atoms with Crippen LogP contribution >= 0.6 is 0 Å². The monoisotopic (exact) mass is 778 g/mol. The van der Waals surface area contributed by atoms with Crippen LogP contribution in [0.15, 0.2) is 0 Å². The molecule has 9 atom stereocenters. The van der Waals surface area contributed by atoms with E-state index in [2.05, 4.69) is 33.0 Å². The topological polar surface area (TPSA) is 110 Å². The van der Waals surface area contributed by atoms with E-state index in [0.717, 1.165) is 49.9 Å². The van der Waals surface area contributed by atoms with Crippen molar-refractivity contribution in [2.24, 2.45) is 46.3 Å². The summed E-state index contributed by atoms with van der Waals surface area (Å²) in [6, 6.07) is 0. The number of carbonyl (C=O) groups is 2. The maximum atomic E-state index is 12.9. The molecule has 0 bridgehead atoms. The fourth-order valence-corrected chi connectivity index (χ4v) is 12.9. The van der Waals surface area contributed by atoms with Crippen LogP contribution in [0, 0.1) is 46.3 Å². The molecule has 7 nitrogen and oxygen atoms in total. The summed E-state index contributed by atoms with van der Waals surface area (Å²) in [6.45, 7) is 9.70. The summed E-state index contributed by atoms with van der Waals surface area (Å²) in [6.07, 6.45) is 35.8. The third kappa shape index (κ3) is 13.8. The Morgan fingerprint density at radius 1 is 0.722 bits per heavy atom. The molecule has 9 unspecified atom stereocenters. The van der Waals surface area contributed by atoms with Crippen molar-refractivity contribution in [1.29, 1.82) is 0 Å². The highest BCUT2D eigenvalue weighted by Gasteiger charge is 2.60. The molecule has 314 valence electrons. The van der Waals surface area contributed by atoms with E-state index in [4.69, 9.17) is 9.29 Å². The number of carbonyl (C=O) groups excluding carboxylic acids is 2. The van der Waals surface area contributed by atoms with Gasteiger partial charge in [-0.1, -0.05) is 130 Å². The Bertz CT molecular complexity index is 1220. The molecule has 4 fully saturated rings. The lowest BCUT2D eigenvalue weighted by Crippen LogP contribution is -2.54. The van der Waals surface area contributed by atoms with Gasteiger partial charge in [0, 0.05) is 19.4 Å². The molecule has 2 N–H and O–H groups in total. The molecule has 0 aromatic carbocycles. The van der Waals surface area contributed by atoms with Gasteiger partial charge in [-0.25, -0.2) is 0 Å². The first-order chi connectivity index (χ1) is 25.9. The van der Waals surface area contributed by atoms with E-state index in [-0.39, 0.29) is 24.5 Å². The molecule has 0 saturated heterocycles. The van der Waals surface area contributed by atoms with E-state index in [1.54, 1.807) is 0 Å². The van der Waals surface area contributed by atoms with Crippen molar-refractivity contribution in [3.63, 3.8) is 0 Å². The Hall–Kier alpha value is -1.15. The Morgan fingerprint density at radius 3 is 1.87 bits per heavy atom. The summed E-state index contributed by atoms with van der Waals surface area (Å²) < 4.78 is 37.0. The van der Waals surface area contributed by atoms with Gasteiger partial charge in [-0.3, -0.25) is 14.1 Å². The van der Waals surface area contributed by atoms with Crippen molar-refractivity contribution in [3.05, 3.63) is 0 Å². The molecule has 4 aliphatic rings. The molecule has 4 aliphatic carbocycles. The van der Waals surface area contributed by atoms with Gasteiger partial charge in [0.1, 0.15) is 6.10 Å². The fraction of sp³-hybridized carbons (Fsp3) is 0.957. The van der Waals surface area contributed by atoms with Gasteiger partial charge in [0.05, 0.1) is 5.75 Å². The normalized spacial score (nSPS) is 31.3. The molecular weight excluding hydrogens is 695 g/mol. The van der Waals surface area contributed by atoms with Gasteiger partial charge >= 0.3 is 5.97 Å². The predicted octanol–water partition coefficient (Wildman–Crippen LogP) is 12.0. The minimum atomic E-state index is -4.06. The van der Waals surface area contributed by atoms with Gasteiger partial charge in [0.25, 0.3) is 10.1 Å². The van der Waals surface area contributed by atoms with Crippen molar-refractivity contribution in [2.75, 3.05) is 12.3 Å². The van der Waals surface area contributed by atoms with Crippen LogP contribution in [-0.4, -0.2) is 43.2 Å². The molecule has 0 aliphatic heterocycles. The standard InChI is InChI=1S/C46H83NO6S/c1-5-6-7-8-9-10-11-12-13-14-15-16-17-18-19-20-21-22-44(49)53-38-29-31-45(3)37(35-38)24-25-39-41-27-26-40(46(41,4)32-30-42(39)45)36(2)23-28-43(48)47-33-34-54(50,51)52/h36-42H,5-35H2,1-4H3,(H,47,48)(H,50,51,52). The predicted molar refractivity (Wildman–Crippen MR) is 222 cm³/mol. The minimum absolute atomic E-state index is 0.0355. The third-order valence-corrected chi connectivity index (χ3v) is 16.4. The number of ether oxygens (including phenoxy) is 1. The Labute approximate surface area is 332 Å². The second-order valence-electron chi connectivity index (χ2n) is 19.3. The van der Waals surface area contributed by atoms with E-state index in [0.29, 0.717) is 41.4 Å². The van der Waals surface area contributed by atoms with E-state index >= 15 is 0 Å². The first kappa shape index (κ1) is 45.6. The van der Waals surface area contributed by atoms with Crippen LogP contribution < -0.4 is 5.32 Å². The average molecular weight is 778 g/mol. The summed E-state index contributed by atoms with van der Waals surface area (Å²) in [5.74, 6) is 3.50. The zero-order valence-corrected chi connectivity index (χ0v) is 36.2. The lowest BCUT2D eigenvalue weighted by atomic mass is 9.44. The van der Waals surface area contributed by atoms with Gasteiger partial charge in [0.15, 0.2) is 0 Å². The molecule has 0 aromatic heterocycles. The SMILES string of the molecule is CCCCCCCCCCCCCCCCCCCC(=O)OC1CCC2(C)C(CCC3C2CCC2(C)C(C(C)CCC(=O)NCCS(=O)(=O)O)CCC32)C1. The number of esters is 1. The summed E-state index contributed by atoms with van der Waals surface area (Å²) in [4.78, 5) is 25.3. The second-order valence-corrected chi connectivity index (χ2v) is 20.9. The van der Waals surface area contributed by atoms with E-state index < -0.39 is 15.9 Å². The highest BCUT2D eigenvalue weighted by atomic mass is 32.2. The van der Waals surface area contributed by atoms with Crippen LogP contribution in [0.5, 0.6) is 0 Å². The van der Waals surface area contributed by atoms with Crippen molar-refractivity contribution >= 4 is 22.0 Å². The molecule has 4 saturated carbocycles. The maximum absolute atomic E-state index is 12.9. The molecule has 4 rings (SSSR count). The Morgan fingerprint density at radius 2 is 1.28 bits per heavy atom. The van der Waals surface area contributed by atoms with Crippen molar-refractivity contribution in [3.8, 4) is 0 Å². The number of fused-ring (bicyclic) bond motifs is 5. The van der Waals surface area contributed by atoms with Crippen molar-refractivity contribution < 1.29 is 27.3 Å². The van der Waals surface area contributed by atoms with Crippen LogP contribution in [0.3, 0.4) is 0 Å². The zero-order valence-electron chi connectivity index (χ0n) is 35.4. The van der Waals surface area contributed by atoms with Crippen LogP contribution in [0.4, 0.5) is 0 Å². The van der Waals surface area contributed by atoms with Crippen molar-refractivity contribution in [2.45, 2.75) is 220 Å². The van der Waals surface area contributed by atoms with Gasteiger partial charge in [0.2, 0.25) is 5.91 Å². The largest absolute Gasteiger partial charge is 0.462 e. The lowest BCUT2D eigenvalue weighted by Gasteiger charge is -2.61. The smallest absolute Gasteiger partial charge is 0.306 e. The molecule has 0 aromatic rings. The molecule has 0 heterocycles. The maximum Gasteiger partial charge on any atom is 0.306 e. The summed E-state index contributed by atoms with van der Waals surface area (Å²) in [5.41, 5.74) is 0.676. The molecule has 0 spiro atoms. The van der Waals surface area contributed by atoms with Gasteiger partial charge in [-0.15, -0.1) is 0 Å². The highest BCUT2D eigenvalue weighted by molar-refractivity contribution is 7.85. The molecule has 54 heavy (non-hydrogen) atoms. The Balaban J connectivity index is 1.07. The van der Waals surface area contributed by atoms with Crippen LogP contribution in [0.1, 0.15) is 214 Å². The highest BCUT2D eigenvalue weighted by Crippen LogP contribution is 2.68. The number of rotatable bonds is 26. The number of unbranched alkanes of at least 4 members (excludes halogenated alkanes) is 16. The van der Waals surface area contributed by atoms with Crippen LogP contribution in [0.25, 0.3) is 0 Å². The fourth-order valence-electron chi connectivity index (χ4n) is 12.5. The Kier molecular flexibility index (Phi) is 19.1. The average Bonchev–Trinajstić information content (AvgIpc) is 3.49.